The molecule has 1 atom stereocenters. The van der Waals surface area contributed by atoms with Crippen LogP contribution in [0.1, 0.15) is 35.7 Å². The lowest BCUT2D eigenvalue weighted by Gasteiger charge is -2.37. The summed E-state index contributed by atoms with van der Waals surface area (Å²) in [6.07, 6.45) is 2.24. The fourth-order valence-electron chi connectivity index (χ4n) is 3.20. The van der Waals surface area contributed by atoms with E-state index in [0.717, 1.165) is 51.1 Å². The number of esters is 1. The van der Waals surface area contributed by atoms with Gasteiger partial charge in [0.05, 0.1) is 18.7 Å². The molecule has 136 valence electrons. The maximum absolute atomic E-state index is 12.2. The molecule has 1 aromatic rings. The van der Waals surface area contributed by atoms with Gasteiger partial charge in [0.25, 0.3) is 0 Å². The van der Waals surface area contributed by atoms with Crippen molar-refractivity contribution in [1.82, 2.24) is 15.1 Å². The lowest BCUT2D eigenvalue weighted by Crippen LogP contribution is -2.53. The van der Waals surface area contributed by atoms with Crippen LogP contribution in [0.5, 0.6) is 0 Å². The fourth-order valence-corrected chi connectivity index (χ4v) is 3.20. The van der Waals surface area contributed by atoms with Gasteiger partial charge in [-0.1, -0.05) is 12.1 Å². The summed E-state index contributed by atoms with van der Waals surface area (Å²) >= 11 is 0. The van der Waals surface area contributed by atoms with Crippen molar-refractivity contribution in [2.45, 2.75) is 38.4 Å². The minimum Gasteiger partial charge on any atom is -0.465 e. The number of methoxy groups -OCH3 is 1. The molecule has 1 N–H and O–H groups in total. The number of rotatable bonds is 6. The Labute approximate surface area is 149 Å². The van der Waals surface area contributed by atoms with Crippen LogP contribution >= 0.6 is 0 Å². The Morgan fingerprint density at radius 3 is 2.60 bits per heavy atom. The van der Waals surface area contributed by atoms with Gasteiger partial charge in [0.15, 0.2) is 0 Å². The van der Waals surface area contributed by atoms with E-state index in [4.69, 9.17) is 4.74 Å². The van der Waals surface area contributed by atoms with Crippen LogP contribution in [0.15, 0.2) is 24.3 Å². The minimum absolute atomic E-state index is 0.0644. The average molecular weight is 345 g/mol. The molecular weight excluding hydrogens is 318 g/mol. The van der Waals surface area contributed by atoms with E-state index in [-0.39, 0.29) is 17.9 Å². The van der Waals surface area contributed by atoms with Gasteiger partial charge in [0.2, 0.25) is 5.91 Å². The second-order valence-electron chi connectivity index (χ2n) is 6.96. The molecule has 1 aliphatic carbocycles. The summed E-state index contributed by atoms with van der Waals surface area (Å²) in [6.45, 7) is 6.41. The number of carbonyl (C=O) groups is 2. The number of ether oxygens (including phenoxy) is 1. The fraction of sp³-hybridized carbons (Fsp3) is 0.579. The molecule has 0 radical (unpaired) electrons. The molecule has 1 aromatic carbocycles. The van der Waals surface area contributed by atoms with Crippen molar-refractivity contribution in [2.75, 3.05) is 33.3 Å². The second kappa shape index (κ2) is 7.97. The molecule has 2 aliphatic rings. The number of benzene rings is 1. The van der Waals surface area contributed by atoms with E-state index in [1.165, 1.54) is 7.11 Å². The lowest BCUT2D eigenvalue weighted by atomic mass is 10.1. The normalized spacial score (nSPS) is 20.1. The zero-order chi connectivity index (χ0) is 17.8. The van der Waals surface area contributed by atoms with Crippen LogP contribution in [0.3, 0.4) is 0 Å². The van der Waals surface area contributed by atoms with Gasteiger partial charge < -0.3 is 10.1 Å². The molecule has 25 heavy (non-hydrogen) atoms. The predicted octanol–water partition coefficient (Wildman–Crippen LogP) is 1.26. The standard InChI is InChI=1S/C19H27N3O3/c1-14(18(23)20-17-6-7-17)22-10-8-21(9-11-22)13-15-4-3-5-16(12-15)19(24)25-2/h3-5,12,14,17H,6-11,13H2,1-2H3,(H,20,23). The summed E-state index contributed by atoms with van der Waals surface area (Å²) in [4.78, 5) is 28.4. The van der Waals surface area contributed by atoms with Crippen LogP contribution in [0.2, 0.25) is 0 Å². The van der Waals surface area contributed by atoms with Gasteiger partial charge in [-0.15, -0.1) is 0 Å². The monoisotopic (exact) mass is 345 g/mol. The van der Waals surface area contributed by atoms with Crippen molar-refractivity contribution in [2.24, 2.45) is 0 Å². The third-order valence-corrected chi connectivity index (χ3v) is 5.01. The first-order valence-electron chi connectivity index (χ1n) is 9.01. The second-order valence-corrected chi connectivity index (χ2v) is 6.96. The van der Waals surface area contributed by atoms with E-state index in [9.17, 15) is 9.59 Å². The molecule has 3 rings (SSSR count). The summed E-state index contributed by atoms with van der Waals surface area (Å²) in [5, 5.41) is 3.09. The van der Waals surface area contributed by atoms with Gasteiger partial charge in [0.1, 0.15) is 0 Å². The van der Waals surface area contributed by atoms with E-state index < -0.39 is 0 Å². The summed E-state index contributed by atoms with van der Waals surface area (Å²) in [5.74, 6) is -0.149. The van der Waals surface area contributed by atoms with Gasteiger partial charge in [0, 0.05) is 38.8 Å². The van der Waals surface area contributed by atoms with E-state index in [1.54, 1.807) is 6.07 Å². The van der Waals surface area contributed by atoms with Crippen molar-refractivity contribution in [3.63, 3.8) is 0 Å². The molecule has 0 bridgehead atoms. The van der Waals surface area contributed by atoms with Crippen LogP contribution in [-0.2, 0) is 16.1 Å². The maximum atomic E-state index is 12.2. The van der Waals surface area contributed by atoms with Crippen molar-refractivity contribution < 1.29 is 14.3 Å². The molecule has 1 unspecified atom stereocenters. The zero-order valence-corrected chi connectivity index (χ0v) is 15.0. The Morgan fingerprint density at radius 1 is 1.24 bits per heavy atom. The molecule has 0 aromatic heterocycles. The molecule has 0 spiro atoms. The first-order chi connectivity index (χ1) is 12.1. The predicted molar refractivity (Wildman–Crippen MR) is 95.3 cm³/mol. The van der Waals surface area contributed by atoms with E-state index in [1.807, 2.05) is 25.1 Å². The molecule has 2 fully saturated rings. The Kier molecular flexibility index (Phi) is 5.71. The van der Waals surface area contributed by atoms with Crippen LogP contribution in [0, 0.1) is 0 Å². The van der Waals surface area contributed by atoms with Crippen LogP contribution < -0.4 is 5.32 Å². The van der Waals surface area contributed by atoms with E-state index in [0.29, 0.717) is 11.6 Å². The number of nitrogens with zero attached hydrogens (tertiary/aromatic N) is 2. The minimum atomic E-state index is -0.304. The molecule has 1 saturated heterocycles. The zero-order valence-electron chi connectivity index (χ0n) is 15.0. The van der Waals surface area contributed by atoms with Crippen LogP contribution in [0.4, 0.5) is 0 Å². The van der Waals surface area contributed by atoms with Gasteiger partial charge in [-0.3, -0.25) is 14.6 Å². The van der Waals surface area contributed by atoms with Gasteiger partial charge in [-0.2, -0.15) is 0 Å². The number of hydrogen-bond acceptors (Lipinski definition) is 5. The number of carbonyl (C=O) groups excluding carboxylic acids is 2. The Morgan fingerprint density at radius 2 is 1.96 bits per heavy atom. The highest BCUT2D eigenvalue weighted by Gasteiger charge is 2.29. The summed E-state index contributed by atoms with van der Waals surface area (Å²) < 4.78 is 4.78. The topological polar surface area (TPSA) is 61.9 Å². The molecule has 1 saturated carbocycles. The number of hydrogen-bond donors (Lipinski definition) is 1. The van der Waals surface area contributed by atoms with Gasteiger partial charge >= 0.3 is 5.97 Å². The smallest absolute Gasteiger partial charge is 0.337 e. The van der Waals surface area contributed by atoms with Crippen molar-refractivity contribution in [1.29, 1.82) is 0 Å². The Balaban J connectivity index is 1.49. The molecule has 1 aliphatic heterocycles. The van der Waals surface area contributed by atoms with E-state index in [2.05, 4.69) is 15.1 Å². The first-order valence-corrected chi connectivity index (χ1v) is 9.01. The molecule has 1 amide bonds. The quantitative estimate of drug-likeness (QED) is 0.787. The summed E-state index contributed by atoms with van der Waals surface area (Å²) in [5.41, 5.74) is 1.69. The highest BCUT2D eigenvalue weighted by atomic mass is 16.5. The summed E-state index contributed by atoms with van der Waals surface area (Å²) in [7, 11) is 1.40. The summed E-state index contributed by atoms with van der Waals surface area (Å²) in [6, 6.07) is 7.94. The highest BCUT2D eigenvalue weighted by Crippen LogP contribution is 2.19. The third-order valence-electron chi connectivity index (χ3n) is 5.01. The number of amides is 1. The lowest BCUT2D eigenvalue weighted by molar-refractivity contribution is -0.126. The maximum Gasteiger partial charge on any atom is 0.337 e. The average Bonchev–Trinajstić information content (AvgIpc) is 3.45. The first kappa shape index (κ1) is 17.9. The highest BCUT2D eigenvalue weighted by molar-refractivity contribution is 5.89. The number of piperazine rings is 1. The van der Waals surface area contributed by atoms with Gasteiger partial charge in [-0.05, 0) is 37.5 Å². The van der Waals surface area contributed by atoms with Gasteiger partial charge in [-0.25, -0.2) is 4.79 Å². The SMILES string of the molecule is COC(=O)c1cccc(CN2CCN(C(C)C(=O)NC3CC3)CC2)c1. The van der Waals surface area contributed by atoms with Crippen LogP contribution in [0.25, 0.3) is 0 Å². The molecule has 6 heteroatoms. The third kappa shape index (κ3) is 4.80. The molecular formula is C19H27N3O3. The van der Waals surface area contributed by atoms with Crippen molar-refractivity contribution in [3.05, 3.63) is 35.4 Å². The molecule has 1 heterocycles. The Bertz CT molecular complexity index is 622. The Hall–Kier alpha value is -1.92. The molecule has 6 nitrogen and oxygen atoms in total. The van der Waals surface area contributed by atoms with Crippen molar-refractivity contribution in [3.8, 4) is 0 Å². The van der Waals surface area contributed by atoms with Crippen LogP contribution in [-0.4, -0.2) is 67.0 Å². The van der Waals surface area contributed by atoms with Crippen molar-refractivity contribution >= 4 is 11.9 Å². The number of nitrogens with one attached hydrogen (secondary N) is 1. The van der Waals surface area contributed by atoms with E-state index >= 15 is 0 Å². The largest absolute Gasteiger partial charge is 0.465 e.